The summed E-state index contributed by atoms with van der Waals surface area (Å²) >= 11 is 0. The third kappa shape index (κ3) is 2.29. The molecule has 96 valence electrons. The molecule has 0 fully saturated rings. The molecule has 4 nitrogen and oxygen atoms in total. The normalized spacial score (nSPS) is 10.2. The Bertz CT molecular complexity index is 799. The Morgan fingerprint density at radius 1 is 1.05 bits per heavy atom. The summed E-state index contributed by atoms with van der Waals surface area (Å²) < 4.78 is 5.27. The molecule has 0 bridgehead atoms. The lowest BCUT2D eigenvalue weighted by Gasteiger charge is -1.95. The summed E-state index contributed by atoms with van der Waals surface area (Å²) in [5, 5.41) is 12.9. The second-order valence-electron chi connectivity index (χ2n) is 4.49. The lowest BCUT2D eigenvalue weighted by atomic mass is 10.1. The first-order valence-corrected chi connectivity index (χ1v) is 6.17. The highest BCUT2D eigenvalue weighted by Crippen LogP contribution is 2.23. The van der Waals surface area contributed by atoms with Crippen molar-refractivity contribution in [2.24, 2.45) is 0 Å². The van der Waals surface area contributed by atoms with Gasteiger partial charge in [0.2, 0.25) is 5.82 Å². The van der Waals surface area contributed by atoms with Crippen LogP contribution in [-0.4, -0.2) is 10.1 Å². The van der Waals surface area contributed by atoms with Crippen LogP contribution in [0.1, 0.15) is 11.1 Å². The molecular formula is C16H11N3O. The fraction of sp³-hybridized carbons (Fsp3) is 0.0625. The highest BCUT2D eigenvalue weighted by molar-refractivity contribution is 5.61. The summed E-state index contributed by atoms with van der Waals surface area (Å²) in [6.45, 7) is 2.01. The second-order valence-corrected chi connectivity index (χ2v) is 4.49. The monoisotopic (exact) mass is 261 g/mol. The maximum absolute atomic E-state index is 8.91. The average molecular weight is 261 g/mol. The third-order valence-electron chi connectivity index (χ3n) is 2.94. The molecule has 4 heteroatoms. The molecule has 0 amide bonds. The Hall–Kier alpha value is -2.93. The zero-order valence-electron chi connectivity index (χ0n) is 10.9. The van der Waals surface area contributed by atoms with E-state index in [0.717, 1.165) is 16.7 Å². The summed E-state index contributed by atoms with van der Waals surface area (Å²) in [7, 11) is 0. The Balaban J connectivity index is 2.00. The number of hydrogen-bond donors (Lipinski definition) is 0. The Morgan fingerprint density at radius 2 is 1.85 bits per heavy atom. The molecule has 0 unspecified atom stereocenters. The van der Waals surface area contributed by atoms with Crippen LogP contribution in [0.15, 0.2) is 53.1 Å². The van der Waals surface area contributed by atoms with E-state index < -0.39 is 0 Å². The van der Waals surface area contributed by atoms with E-state index in [4.69, 9.17) is 9.78 Å². The molecule has 1 aromatic heterocycles. The van der Waals surface area contributed by atoms with Gasteiger partial charge in [-0.05, 0) is 31.2 Å². The molecule has 0 aliphatic heterocycles. The maximum atomic E-state index is 8.91. The van der Waals surface area contributed by atoms with Gasteiger partial charge in [0.1, 0.15) is 0 Å². The summed E-state index contributed by atoms with van der Waals surface area (Å²) in [6, 6.07) is 17.1. The van der Waals surface area contributed by atoms with Crippen molar-refractivity contribution in [1.82, 2.24) is 10.1 Å². The van der Waals surface area contributed by atoms with E-state index in [1.807, 2.05) is 37.3 Å². The zero-order chi connectivity index (χ0) is 13.9. The second kappa shape index (κ2) is 4.98. The number of nitriles is 1. The van der Waals surface area contributed by atoms with Crippen molar-refractivity contribution in [3.8, 4) is 28.9 Å². The fourth-order valence-electron chi connectivity index (χ4n) is 1.96. The zero-order valence-corrected chi connectivity index (χ0v) is 10.9. The predicted molar refractivity (Wildman–Crippen MR) is 74.6 cm³/mol. The van der Waals surface area contributed by atoms with E-state index in [-0.39, 0.29) is 0 Å². The first-order chi connectivity index (χ1) is 9.76. The van der Waals surface area contributed by atoms with Crippen molar-refractivity contribution in [2.75, 3.05) is 0 Å². The molecule has 20 heavy (non-hydrogen) atoms. The molecule has 0 aliphatic rings. The molecule has 2 aromatic carbocycles. The molecule has 0 spiro atoms. The van der Waals surface area contributed by atoms with Crippen LogP contribution < -0.4 is 0 Å². The number of benzene rings is 2. The Kier molecular flexibility index (Phi) is 3.02. The van der Waals surface area contributed by atoms with Crippen molar-refractivity contribution < 1.29 is 4.52 Å². The standard InChI is InChI=1S/C16H11N3O/c1-11-4-2-6-13(8-11)15-18-16(20-19-15)14-7-3-5-12(9-14)10-17/h2-9H,1H3. The molecule has 0 atom stereocenters. The molecule has 0 aliphatic carbocycles. The van der Waals surface area contributed by atoms with Crippen LogP contribution in [0.25, 0.3) is 22.8 Å². The van der Waals surface area contributed by atoms with E-state index >= 15 is 0 Å². The summed E-state index contributed by atoms with van der Waals surface area (Å²) in [4.78, 5) is 4.38. The van der Waals surface area contributed by atoms with Crippen LogP contribution in [0.5, 0.6) is 0 Å². The van der Waals surface area contributed by atoms with E-state index in [1.54, 1.807) is 18.2 Å². The van der Waals surface area contributed by atoms with Gasteiger partial charge in [0.15, 0.2) is 0 Å². The quantitative estimate of drug-likeness (QED) is 0.707. The van der Waals surface area contributed by atoms with Crippen LogP contribution in [0.3, 0.4) is 0 Å². The first kappa shape index (κ1) is 12.1. The minimum absolute atomic E-state index is 0.415. The topological polar surface area (TPSA) is 62.7 Å². The lowest BCUT2D eigenvalue weighted by molar-refractivity contribution is 0.432. The minimum Gasteiger partial charge on any atom is -0.334 e. The number of rotatable bonds is 2. The maximum Gasteiger partial charge on any atom is 0.258 e. The van der Waals surface area contributed by atoms with Gasteiger partial charge in [-0.15, -0.1) is 0 Å². The smallest absolute Gasteiger partial charge is 0.258 e. The van der Waals surface area contributed by atoms with E-state index in [9.17, 15) is 0 Å². The predicted octanol–water partition coefficient (Wildman–Crippen LogP) is 3.58. The SMILES string of the molecule is Cc1cccc(-c2noc(-c3cccc(C#N)c3)n2)c1. The molecule has 3 aromatic rings. The highest BCUT2D eigenvalue weighted by Gasteiger charge is 2.10. The van der Waals surface area contributed by atoms with Gasteiger partial charge >= 0.3 is 0 Å². The summed E-state index contributed by atoms with van der Waals surface area (Å²) in [5.74, 6) is 0.963. The van der Waals surface area contributed by atoms with Crippen LogP contribution in [0.4, 0.5) is 0 Å². The van der Waals surface area contributed by atoms with Crippen molar-refractivity contribution in [1.29, 1.82) is 5.26 Å². The Labute approximate surface area is 116 Å². The number of hydrogen-bond acceptors (Lipinski definition) is 4. The van der Waals surface area contributed by atoms with Crippen LogP contribution in [0, 0.1) is 18.3 Å². The largest absolute Gasteiger partial charge is 0.334 e. The number of aryl methyl sites for hydroxylation is 1. The van der Waals surface area contributed by atoms with Gasteiger partial charge in [-0.2, -0.15) is 10.2 Å². The van der Waals surface area contributed by atoms with Gasteiger partial charge < -0.3 is 4.52 Å². The van der Waals surface area contributed by atoms with E-state index in [0.29, 0.717) is 17.3 Å². The average Bonchev–Trinajstić information content (AvgIpc) is 2.97. The molecule has 0 saturated carbocycles. The van der Waals surface area contributed by atoms with Gasteiger partial charge in [-0.1, -0.05) is 35.0 Å². The molecule has 1 heterocycles. The van der Waals surface area contributed by atoms with E-state index in [1.165, 1.54) is 0 Å². The molecule has 3 rings (SSSR count). The van der Waals surface area contributed by atoms with Crippen molar-refractivity contribution in [3.63, 3.8) is 0 Å². The lowest BCUT2D eigenvalue weighted by Crippen LogP contribution is -1.83. The van der Waals surface area contributed by atoms with Gasteiger partial charge in [-0.25, -0.2) is 0 Å². The van der Waals surface area contributed by atoms with Crippen molar-refractivity contribution in [3.05, 3.63) is 59.7 Å². The first-order valence-electron chi connectivity index (χ1n) is 6.17. The molecule has 0 radical (unpaired) electrons. The van der Waals surface area contributed by atoms with Crippen molar-refractivity contribution in [2.45, 2.75) is 6.92 Å². The number of nitrogens with zero attached hydrogens (tertiary/aromatic N) is 3. The molecule has 0 saturated heterocycles. The van der Waals surface area contributed by atoms with Gasteiger partial charge in [0.25, 0.3) is 5.89 Å². The van der Waals surface area contributed by atoms with Crippen LogP contribution >= 0.6 is 0 Å². The minimum atomic E-state index is 0.415. The summed E-state index contributed by atoms with van der Waals surface area (Å²) in [5.41, 5.74) is 3.37. The van der Waals surface area contributed by atoms with Gasteiger partial charge in [-0.3, -0.25) is 0 Å². The fourth-order valence-corrected chi connectivity index (χ4v) is 1.96. The van der Waals surface area contributed by atoms with Crippen LogP contribution in [0.2, 0.25) is 0 Å². The molecular weight excluding hydrogens is 250 g/mol. The van der Waals surface area contributed by atoms with Gasteiger partial charge in [0, 0.05) is 11.1 Å². The number of aromatic nitrogens is 2. The van der Waals surface area contributed by atoms with Gasteiger partial charge in [0.05, 0.1) is 11.6 Å². The molecule has 0 N–H and O–H groups in total. The highest BCUT2D eigenvalue weighted by atomic mass is 16.5. The van der Waals surface area contributed by atoms with E-state index in [2.05, 4.69) is 16.2 Å². The van der Waals surface area contributed by atoms with Crippen LogP contribution in [-0.2, 0) is 0 Å². The Morgan fingerprint density at radius 3 is 2.65 bits per heavy atom. The summed E-state index contributed by atoms with van der Waals surface area (Å²) in [6.07, 6.45) is 0. The third-order valence-corrected chi connectivity index (χ3v) is 2.94. The van der Waals surface area contributed by atoms with Crippen molar-refractivity contribution >= 4 is 0 Å².